The summed E-state index contributed by atoms with van der Waals surface area (Å²) in [5, 5.41) is 13.1. The number of aryl methyl sites for hydroxylation is 2. The van der Waals surface area contributed by atoms with Gasteiger partial charge in [-0.2, -0.15) is 0 Å². The number of aliphatic hydroxyl groups excluding tert-OH is 1. The Bertz CT molecular complexity index is 1200. The summed E-state index contributed by atoms with van der Waals surface area (Å²) in [4.78, 5) is 25.0. The molecule has 0 radical (unpaired) electrons. The van der Waals surface area contributed by atoms with E-state index in [-0.39, 0.29) is 29.1 Å². The molecule has 2 aliphatic heterocycles. The molecule has 1 aromatic carbocycles. The zero-order valence-electron chi connectivity index (χ0n) is 17.1. The number of carbonyl (C=O) groups excluding carboxylic acids is 1. The summed E-state index contributed by atoms with van der Waals surface area (Å²) in [6, 6.07) is 2.79. The first-order chi connectivity index (χ1) is 13.9. The molecular weight excluding hydrogens is 410 g/mol. The molecule has 162 valence electrons. The lowest BCUT2D eigenvalue weighted by molar-refractivity contribution is -0.121. The highest BCUT2D eigenvalue weighted by Crippen LogP contribution is 2.36. The average molecular weight is 435 g/mol. The molecular formula is C21H25NO7S. The van der Waals surface area contributed by atoms with Gasteiger partial charge in [-0.05, 0) is 50.8 Å². The number of fused-ring (bicyclic) bond motifs is 2. The van der Waals surface area contributed by atoms with Gasteiger partial charge in [0.1, 0.15) is 16.9 Å². The largest absolute Gasteiger partial charge is 0.487 e. The molecule has 0 saturated carbocycles. The minimum atomic E-state index is -3.38. The number of ether oxygens (including phenoxy) is 1. The maximum absolute atomic E-state index is 12.6. The number of aliphatic hydroxyl groups is 1. The normalized spacial score (nSPS) is 24.3. The van der Waals surface area contributed by atoms with Crippen LogP contribution in [0.5, 0.6) is 5.75 Å². The van der Waals surface area contributed by atoms with E-state index in [1.165, 1.54) is 0 Å². The zero-order chi connectivity index (χ0) is 21.8. The van der Waals surface area contributed by atoms with Crippen LogP contribution < -0.4 is 15.7 Å². The molecule has 0 bridgehead atoms. The number of benzene rings is 1. The van der Waals surface area contributed by atoms with Crippen LogP contribution in [0.15, 0.2) is 21.3 Å². The van der Waals surface area contributed by atoms with Gasteiger partial charge in [0.15, 0.2) is 9.84 Å². The molecule has 3 heterocycles. The second-order valence-electron chi connectivity index (χ2n) is 8.81. The van der Waals surface area contributed by atoms with Crippen LogP contribution in [0.4, 0.5) is 0 Å². The third kappa shape index (κ3) is 3.96. The van der Waals surface area contributed by atoms with Crippen molar-refractivity contribution >= 4 is 26.7 Å². The van der Waals surface area contributed by atoms with Crippen molar-refractivity contribution in [1.82, 2.24) is 5.32 Å². The summed E-state index contributed by atoms with van der Waals surface area (Å²) in [6.07, 6.45) is 0.293. The molecule has 1 saturated heterocycles. The summed E-state index contributed by atoms with van der Waals surface area (Å²) in [5.74, 6) is -0.524. The van der Waals surface area contributed by atoms with Crippen LogP contribution in [0.3, 0.4) is 0 Å². The molecule has 8 nitrogen and oxygen atoms in total. The highest BCUT2D eigenvalue weighted by Gasteiger charge is 2.37. The number of carbonyl (C=O) groups is 1. The SMILES string of the molecule is Cc1c(CC(=O)N[C@@H]2CS(=O)(=O)C[C@@H]2O)c(=O)oc2cc3c(cc12)CCC(C)(C)O3. The van der Waals surface area contributed by atoms with E-state index < -0.39 is 33.5 Å². The number of nitrogens with one attached hydrogen (secondary N) is 1. The molecule has 2 aliphatic rings. The van der Waals surface area contributed by atoms with E-state index in [4.69, 9.17) is 9.15 Å². The first kappa shape index (κ1) is 20.9. The Morgan fingerprint density at radius 2 is 2.03 bits per heavy atom. The second-order valence-corrected chi connectivity index (χ2v) is 11.0. The van der Waals surface area contributed by atoms with Crippen molar-refractivity contribution in [2.45, 2.75) is 57.8 Å². The highest BCUT2D eigenvalue weighted by molar-refractivity contribution is 7.91. The number of sulfone groups is 1. The summed E-state index contributed by atoms with van der Waals surface area (Å²) >= 11 is 0. The molecule has 9 heteroatoms. The van der Waals surface area contributed by atoms with Crippen molar-refractivity contribution in [3.05, 3.63) is 39.2 Å². The van der Waals surface area contributed by atoms with Gasteiger partial charge < -0.3 is 19.6 Å². The fourth-order valence-corrected chi connectivity index (χ4v) is 5.87. The predicted molar refractivity (Wildman–Crippen MR) is 111 cm³/mol. The molecule has 4 rings (SSSR count). The summed E-state index contributed by atoms with van der Waals surface area (Å²) in [5.41, 5.74) is 1.37. The van der Waals surface area contributed by atoms with E-state index in [0.29, 0.717) is 16.9 Å². The molecule has 2 aromatic rings. The molecule has 30 heavy (non-hydrogen) atoms. The Morgan fingerprint density at radius 1 is 1.30 bits per heavy atom. The Morgan fingerprint density at radius 3 is 2.70 bits per heavy atom. The van der Waals surface area contributed by atoms with E-state index >= 15 is 0 Å². The van der Waals surface area contributed by atoms with E-state index in [2.05, 4.69) is 5.32 Å². The van der Waals surface area contributed by atoms with E-state index in [1.54, 1.807) is 13.0 Å². The molecule has 2 N–H and O–H groups in total. The van der Waals surface area contributed by atoms with Crippen molar-refractivity contribution in [2.75, 3.05) is 11.5 Å². The monoisotopic (exact) mass is 435 g/mol. The Labute approximate surface area is 174 Å². The van der Waals surface area contributed by atoms with Crippen LogP contribution in [-0.2, 0) is 27.5 Å². The quantitative estimate of drug-likeness (QED) is 0.690. The number of rotatable bonds is 3. The molecule has 2 atom stereocenters. The molecule has 0 aliphatic carbocycles. The third-order valence-electron chi connectivity index (χ3n) is 5.86. The van der Waals surface area contributed by atoms with Crippen LogP contribution in [0.1, 0.15) is 37.0 Å². The van der Waals surface area contributed by atoms with Crippen molar-refractivity contribution in [2.24, 2.45) is 0 Å². The standard InChI is InChI=1S/C21H25NO7S/c1-11-13-6-12-4-5-21(2,3)29-17(12)8-18(13)28-20(25)14(11)7-19(24)22-15-9-30(26,27)10-16(15)23/h6,8,15-16,23H,4-5,7,9-10H2,1-3H3,(H,22,24)/t15-,16+/m1/s1. The van der Waals surface area contributed by atoms with Gasteiger partial charge in [0, 0.05) is 11.5 Å². The average Bonchev–Trinajstić information content (AvgIpc) is 2.88. The van der Waals surface area contributed by atoms with Gasteiger partial charge in [0.2, 0.25) is 5.91 Å². The first-order valence-electron chi connectivity index (χ1n) is 9.90. The predicted octanol–water partition coefficient (Wildman–Crippen LogP) is 1.02. The fourth-order valence-electron chi connectivity index (χ4n) is 4.13. The van der Waals surface area contributed by atoms with Gasteiger partial charge in [-0.15, -0.1) is 0 Å². The zero-order valence-corrected chi connectivity index (χ0v) is 18.0. The van der Waals surface area contributed by atoms with Crippen LogP contribution in [0.2, 0.25) is 0 Å². The third-order valence-corrected chi connectivity index (χ3v) is 7.57. The number of hydrogen-bond donors (Lipinski definition) is 2. The first-order valence-corrected chi connectivity index (χ1v) is 11.7. The number of hydrogen-bond acceptors (Lipinski definition) is 7. The van der Waals surface area contributed by atoms with Crippen LogP contribution in [-0.4, -0.2) is 48.7 Å². The maximum atomic E-state index is 12.6. The Kier molecular flexibility index (Phi) is 4.93. The number of amides is 1. The molecule has 0 spiro atoms. The van der Waals surface area contributed by atoms with E-state index in [9.17, 15) is 23.1 Å². The fraction of sp³-hybridized carbons (Fsp3) is 0.524. The van der Waals surface area contributed by atoms with Crippen LogP contribution >= 0.6 is 0 Å². The maximum Gasteiger partial charge on any atom is 0.340 e. The van der Waals surface area contributed by atoms with Gasteiger partial charge in [0.05, 0.1) is 35.6 Å². The van der Waals surface area contributed by atoms with Gasteiger partial charge in [-0.25, -0.2) is 13.2 Å². The van der Waals surface area contributed by atoms with Crippen molar-refractivity contribution in [3.63, 3.8) is 0 Å². The Balaban J connectivity index is 1.62. The second kappa shape index (κ2) is 7.09. The molecule has 1 aromatic heterocycles. The minimum Gasteiger partial charge on any atom is -0.487 e. The van der Waals surface area contributed by atoms with Crippen molar-refractivity contribution < 1.29 is 27.5 Å². The van der Waals surface area contributed by atoms with Crippen molar-refractivity contribution in [1.29, 1.82) is 0 Å². The lowest BCUT2D eigenvalue weighted by Crippen LogP contribution is -2.43. The summed E-state index contributed by atoms with van der Waals surface area (Å²) < 4.78 is 34.7. The molecule has 1 amide bonds. The molecule has 0 unspecified atom stereocenters. The lowest BCUT2D eigenvalue weighted by atomic mass is 9.92. The van der Waals surface area contributed by atoms with Gasteiger partial charge in [-0.3, -0.25) is 4.79 Å². The van der Waals surface area contributed by atoms with Crippen LogP contribution in [0.25, 0.3) is 11.0 Å². The summed E-state index contributed by atoms with van der Waals surface area (Å²) in [7, 11) is -3.38. The summed E-state index contributed by atoms with van der Waals surface area (Å²) in [6.45, 7) is 5.78. The van der Waals surface area contributed by atoms with Gasteiger partial charge in [0.25, 0.3) is 0 Å². The molecule has 1 fully saturated rings. The smallest absolute Gasteiger partial charge is 0.340 e. The minimum absolute atomic E-state index is 0.215. The Hall–Kier alpha value is -2.39. The van der Waals surface area contributed by atoms with Gasteiger partial charge in [-0.1, -0.05) is 0 Å². The lowest BCUT2D eigenvalue weighted by Gasteiger charge is -2.32. The van der Waals surface area contributed by atoms with Crippen LogP contribution in [0, 0.1) is 6.92 Å². The highest BCUT2D eigenvalue weighted by atomic mass is 32.2. The topological polar surface area (TPSA) is 123 Å². The van der Waals surface area contributed by atoms with E-state index in [1.807, 2.05) is 19.9 Å². The van der Waals surface area contributed by atoms with Gasteiger partial charge >= 0.3 is 5.63 Å². The van der Waals surface area contributed by atoms with Crippen molar-refractivity contribution in [3.8, 4) is 5.75 Å². The van der Waals surface area contributed by atoms with E-state index in [0.717, 1.165) is 23.8 Å².